The zero-order valence-corrected chi connectivity index (χ0v) is 17.4. The van der Waals surface area contributed by atoms with Gasteiger partial charge in [-0.1, -0.05) is 12.1 Å². The van der Waals surface area contributed by atoms with Crippen molar-refractivity contribution in [1.29, 1.82) is 0 Å². The van der Waals surface area contributed by atoms with Crippen LogP contribution in [0.5, 0.6) is 0 Å². The summed E-state index contributed by atoms with van der Waals surface area (Å²) < 4.78 is 41.1. The van der Waals surface area contributed by atoms with E-state index in [0.717, 1.165) is 6.07 Å². The molecule has 0 spiro atoms. The van der Waals surface area contributed by atoms with E-state index in [0.29, 0.717) is 12.0 Å². The van der Waals surface area contributed by atoms with Crippen molar-refractivity contribution in [3.8, 4) is 0 Å². The van der Waals surface area contributed by atoms with Gasteiger partial charge in [0.05, 0.1) is 41.6 Å². The van der Waals surface area contributed by atoms with Gasteiger partial charge < -0.3 is 16.2 Å². The second-order valence-electron chi connectivity index (χ2n) is 7.82. The summed E-state index contributed by atoms with van der Waals surface area (Å²) in [7, 11) is 0. The third-order valence-corrected chi connectivity index (χ3v) is 5.68. The molecule has 3 heterocycles. The Hall–Kier alpha value is -3.73. The Bertz CT molecular complexity index is 1240. The zero-order chi connectivity index (χ0) is 23.9. The summed E-state index contributed by atoms with van der Waals surface area (Å²) in [4.78, 5) is 29.9. The molecule has 1 aliphatic heterocycles. The molecular weight excluding hydrogens is 439 g/mol. The van der Waals surface area contributed by atoms with E-state index in [1.807, 2.05) is 6.92 Å². The van der Waals surface area contributed by atoms with Crippen molar-refractivity contribution in [2.75, 3.05) is 11.1 Å². The first-order valence-corrected chi connectivity index (χ1v) is 10.1. The monoisotopic (exact) mass is 459 g/mol. The van der Waals surface area contributed by atoms with Gasteiger partial charge in [-0.3, -0.25) is 14.3 Å². The van der Waals surface area contributed by atoms with Gasteiger partial charge in [-0.2, -0.15) is 18.3 Å². The number of nitrogens with two attached hydrogens (primary N) is 1. The number of nitrogen functional groups attached to an aromatic ring is 1. The number of amides is 1. The quantitative estimate of drug-likeness (QED) is 0.548. The highest BCUT2D eigenvalue weighted by molar-refractivity contribution is 6.12. The fourth-order valence-electron chi connectivity index (χ4n) is 4.07. The van der Waals surface area contributed by atoms with Crippen LogP contribution in [-0.4, -0.2) is 31.6 Å². The molecule has 4 N–H and O–H groups in total. The molecule has 0 bridgehead atoms. The molecule has 0 saturated heterocycles. The molecule has 33 heavy (non-hydrogen) atoms. The molecule has 4 rings (SSSR count). The Kier molecular flexibility index (Phi) is 5.66. The van der Waals surface area contributed by atoms with Crippen LogP contribution in [0.2, 0.25) is 0 Å². The van der Waals surface area contributed by atoms with Gasteiger partial charge in [0.2, 0.25) is 0 Å². The number of nitrogens with zero attached hydrogens (tertiary/aromatic N) is 3. The number of carbonyl (C=O) groups is 2. The van der Waals surface area contributed by atoms with E-state index in [9.17, 15) is 27.9 Å². The highest BCUT2D eigenvalue weighted by Crippen LogP contribution is 2.40. The lowest BCUT2D eigenvalue weighted by atomic mass is 9.83. The molecule has 1 amide bonds. The second-order valence-corrected chi connectivity index (χ2v) is 7.82. The number of aliphatic hydroxyl groups is 1. The number of anilines is 2. The number of halogens is 3. The van der Waals surface area contributed by atoms with Gasteiger partial charge in [-0.25, -0.2) is 4.98 Å². The summed E-state index contributed by atoms with van der Waals surface area (Å²) in [5.74, 6) is -1.72. The first-order valence-electron chi connectivity index (χ1n) is 10.1. The Balaban J connectivity index is 1.68. The first-order chi connectivity index (χ1) is 15.6. The minimum atomic E-state index is -4.62. The maximum Gasteiger partial charge on any atom is 0.416 e. The van der Waals surface area contributed by atoms with Gasteiger partial charge in [-0.15, -0.1) is 0 Å². The van der Waals surface area contributed by atoms with Gasteiger partial charge in [0.15, 0.2) is 5.78 Å². The molecule has 0 saturated carbocycles. The molecule has 3 aromatic rings. The van der Waals surface area contributed by atoms with Gasteiger partial charge in [-0.05, 0) is 42.7 Å². The van der Waals surface area contributed by atoms with E-state index in [2.05, 4.69) is 15.4 Å². The predicted octanol–water partition coefficient (Wildman–Crippen LogP) is 3.55. The maximum absolute atomic E-state index is 13.4. The normalized spacial score (nSPS) is 18.2. The molecule has 1 aromatic carbocycles. The average molecular weight is 459 g/mol. The van der Waals surface area contributed by atoms with Gasteiger partial charge in [0, 0.05) is 6.20 Å². The molecule has 0 radical (unpaired) electrons. The van der Waals surface area contributed by atoms with Crippen molar-refractivity contribution in [3.05, 3.63) is 70.7 Å². The largest absolute Gasteiger partial charge is 0.416 e. The number of hydrogen-bond donors (Lipinski definition) is 3. The number of ketones is 1. The molecule has 11 heteroatoms. The lowest BCUT2D eigenvalue weighted by molar-refractivity contribution is -0.138. The summed E-state index contributed by atoms with van der Waals surface area (Å²) in [6.07, 6.45) is -1.53. The van der Waals surface area contributed by atoms with Gasteiger partial charge in [0.25, 0.3) is 5.91 Å². The Morgan fingerprint density at radius 2 is 2.09 bits per heavy atom. The van der Waals surface area contributed by atoms with Crippen molar-refractivity contribution in [3.63, 3.8) is 0 Å². The average Bonchev–Trinajstić information content (AvgIpc) is 3.19. The van der Waals surface area contributed by atoms with Crippen LogP contribution >= 0.6 is 0 Å². The molecule has 1 aliphatic rings. The Labute approximate surface area is 186 Å². The third-order valence-electron chi connectivity index (χ3n) is 5.68. The van der Waals surface area contributed by atoms with E-state index in [1.54, 1.807) is 6.07 Å². The molecule has 0 fully saturated rings. The number of hydrogen-bond acceptors (Lipinski definition) is 6. The molecule has 2 aromatic heterocycles. The standard InChI is InChI=1S/C22H20F3N5O3/c1-11-7-15(12-4-5-16(22(23,24)25)13(8-12)10-31)19(32)18-17(9-28-30(11)18)29-21(33)14-3-2-6-27-20(14)26/h2-6,8-9,11,15,31H,7,10H2,1H3,(H2,26,27)(H,29,33)/t11-,15?/m0/s1. The number of rotatable bonds is 4. The number of fused-ring (bicyclic) bond motifs is 1. The topological polar surface area (TPSA) is 123 Å². The van der Waals surface area contributed by atoms with Crippen molar-refractivity contribution in [1.82, 2.24) is 14.8 Å². The first kappa shape index (κ1) is 22.5. The van der Waals surface area contributed by atoms with Crippen LogP contribution in [0.3, 0.4) is 0 Å². The summed E-state index contributed by atoms with van der Waals surface area (Å²) in [6.45, 7) is 1.00. The van der Waals surface area contributed by atoms with Gasteiger partial charge >= 0.3 is 6.18 Å². The fourth-order valence-corrected chi connectivity index (χ4v) is 4.07. The van der Waals surface area contributed by atoms with E-state index in [1.165, 1.54) is 35.3 Å². The SMILES string of the molecule is C[C@H]1CC(c2ccc(C(F)(F)F)c(CO)c2)C(=O)c2c(NC(=O)c3cccnc3N)cnn21. The van der Waals surface area contributed by atoms with E-state index >= 15 is 0 Å². The second kappa shape index (κ2) is 8.32. The zero-order valence-electron chi connectivity index (χ0n) is 17.4. The molecular formula is C22H20F3N5O3. The van der Waals surface area contributed by atoms with Crippen molar-refractivity contribution < 1.29 is 27.9 Å². The molecule has 1 unspecified atom stereocenters. The number of aliphatic hydroxyl groups excluding tert-OH is 1. The third kappa shape index (κ3) is 4.07. The van der Waals surface area contributed by atoms with Crippen LogP contribution in [0.1, 0.15) is 62.8 Å². The number of aromatic nitrogens is 3. The minimum absolute atomic E-state index is 0.0231. The molecule has 0 aliphatic carbocycles. The highest BCUT2D eigenvalue weighted by Gasteiger charge is 2.38. The van der Waals surface area contributed by atoms with E-state index in [-0.39, 0.29) is 34.4 Å². The minimum Gasteiger partial charge on any atom is -0.392 e. The summed E-state index contributed by atoms with van der Waals surface area (Å²) in [5.41, 5.74) is 5.28. The summed E-state index contributed by atoms with van der Waals surface area (Å²) in [6, 6.07) is 6.09. The molecule has 172 valence electrons. The van der Waals surface area contributed by atoms with Crippen LogP contribution in [0.15, 0.2) is 42.7 Å². The lowest BCUT2D eigenvalue weighted by Crippen LogP contribution is -2.29. The number of Topliss-reactive ketones (excluding diaryl/α,β-unsaturated/α-hetero) is 1. The van der Waals surface area contributed by atoms with Crippen LogP contribution < -0.4 is 11.1 Å². The summed E-state index contributed by atoms with van der Waals surface area (Å²) in [5, 5.41) is 16.3. The van der Waals surface area contributed by atoms with Crippen LogP contribution in [0.4, 0.5) is 24.7 Å². The van der Waals surface area contributed by atoms with Crippen LogP contribution in [-0.2, 0) is 12.8 Å². The number of alkyl halides is 3. The number of carbonyl (C=O) groups excluding carboxylic acids is 2. The van der Waals surface area contributed by atoms with Crippen LogP contribution in [0, 0.1) is 0 Å². The smallest absolute Gasteiger partial charge is 0.392 e. The number of pyridine rings is 1. The predicted molar refractivity (Wildman–Crippen MR) is 113 cm³/mol. The molecule has 2 atom stereocenters. The highest BCUT2D eigenvalue weighted by atomic mass is 19.4. The van der Waals surface area contributed by atoms with E-state index in [4.69, 9.17) is 5.73 Å². The van der Waals surface area contributed by atoms with Crippen molar-refractivity contribution in [2.24, 2.45) is 0 Å². The lowest BCUT2D eigenvalue weighted by Gasteiger charge is -2.29. The Morgan fingerprint density at radius 3 is 2.76 bits per heavy atom. The van der Waals surface area contributed by atoms with Crippen LogP contribution in [0.25, 0.3) is 0 Å². The molecule has 8 nitrogen and oxygen atoms in total. The number of nitrogens with one attached hydrogen (secondary N) is 1. The fraction of sp³-hybridized carbons (Fsp3) is 0.273. The van der Waals surface area contributed by atoms with Crippen molar-refractivity contribution >= 4 is 23.2 Å². The van der Waals surface area contributed by atoms with Gasteiger partial charge in [0.1, 0.15) is 11.5 Å². The van der Waals surface area contributed by atoms with Crippen molar-refractivity contribution in [2.45, 2.75) is 38.1 Å². The summed E-state index contributed by atoms with van der Waals surface area (Å²) >= 11 is 0. The maximum atomic E-state index is 13.4. The number of benzene rings is 1. The van der Waals surface area contributed by atoms with E-state index < -0.39 is 36.0 Å². The Morgan fingerprint density at radius 1 is 1.33 bits per heavy atom.